The Labute approximate surface area is 174 Å². The van der Waals surface area contributed by atoms with E-state index in [1.807, 2.05) is 0 Å². The van der Waals surface area contributed by atoms with Crippen molar-refractivity contribution in [1.82, 2.24) is 15.2 Å². The number of carbonyl (C=O) groups is 3. The summed E-state index contributed by atoms with van der Waals surface area (Å²) in [7, 11) is 1.30. The average Bonchev–Trinajstić information content (AvgIpc) is 3.14. The summed E-state index contributed by atoms with van der Waals surface area (Å²) in [6.45, 7) is 5.26. The second-order valence-corrected chi connectivity index (χ2v) is 8.09. The molecule has 1 aromatic rings. The summed E-state index contributed by atoms with van der Waals surface area (Å²) in [5, 5.41) is 7.87. The lowest BCUT2D eigenvalue weighted by atomic mass is 10.1. The Bertz CT molecular complexity index is 912. The van der Waals surface area contributed by atoms with Gasteiger partial charge in [0.1, 0.15) is 30.3 Å². The van der Waals surface area contributed by atoms with Gasteiger partial charge in [-0.2, -0.15) is 0 Å². The largest absolute Gasteiger partial charge is 0.455 e. The fourth-order valence-electron chi connectivity index (χ4n) is 2.62. The number of thioether (sulfide) groups is 1. The number of thiazole rings is 1. The van der Waals surface area contributed by atoms with E-state index in [-0.39, 0.29) is 27.8 Å². The summed E-state index contributed by atoms with van der Waals surface area (Å²) in [6, 6.07) is -0.758. The first-order valence-corrected chi connectivity index (χ1v) is 10.4. The maximum Gasteiger partial charge on any atom is 0.336 e. The maximum absolute atomic E-state index is 12.6. The fraction of sp³-hybridized carbons (Fsp3) is 0.353. The normalized spacial score (nSPS) is 22.0. The molecule has 29 heavy (non-hydrogen) atoms. The van der Waals surface area contributed by atoms with Gasteiger partial charge in [0.25, 0.3) is 11.8 Å². The second-order valence-electron chi connectivity index (χ2n) is 6.09. The number of nitrogen functional groups attached to an aromatic ring is 1. The molecule has 12 heteroatoms. The van der Waals surface area contributed by atoms with Crippen molar-refractivity contribution in [3.05, 3.63) is 35.5 Å². The first kappa shape index (κ1) is 20.9. The van der Waals surface area contributed by atoms with Crippen molar-refractivity contribution < 1.29 is 24.0 Å². The number of ether oxygens (including phenoxy) is 1. The van der Waals surface area contributed by atoms with E-state index in [2.05, 4.69) is 22.0 Å². The smallest absolute Gasteiger partial charge is 0.336 e. The summed E-state index contributed by atoms with van der Waals surface area (Å²) >= 11 is 2.51. The maximum atomic E-state index is 12.6. The van der Waals surface area contributed by atoms with Crippen LogP contribution in [-0.2, 0) is 24.0 Å². The average molecular weight is 438 g/mol. The van der Waals surface area contributed by atoms with Crippen molar-refractivity contribution in [3.63, 3.8) is 0 Å². The van der Waals surface area contributed by atoms with E-state index in [4.69, 9.17) is 15.3 Å². The second kappa shape index (κ2) is 8.66. The highest BCUT2D eigenvalue weighted by atomic mass is 32.2. The number of aromatic nitrogens is 1. The van der Waals surface area contributed by atoms with Gasteiger partial charge in [-0.15, -0.1) is 23.1 Å². The summed E-state index contributed by atoms with van der Waals surface area (Å²) in [5.74, 6) is -1.10. The molecule has 2 aliphatic rings. The number of rotatable bonds is 7. The van der Waals surface area contributed by atoms with Gasteiger partial charge in [0.15, 0.2) is 10.8 Å². The van der Waals surface area contributed by atoms with E-state index in [1.165, 1.54) is 36.0 Å². The molecule has 3 rings (SSSR count). The van der Waals surface area contributed by atoms with E-state index >= 15 is 0 Å². The van der Waals surface area contributed by atoms with Gasteiger partial charge in [-0.25, -0.2) is 9.78 Å². The summed E-state index contributed by atoms with van der Waals surface area (Å²) in [4.78, 5) is 47.4. The van der Waals surface area contributed by atoms with Crippen LogP contribution in [0.2, 0.25) is 0 Å². The van der Waals surface area contributed by atoms with Gasteiger partial charge >= 0.3 is 5.97 Å². The predicted molar refractivity (Wildman–Crippen MR) is 109 cm³/mol. The summed E-state index contributed by atoms with van der Waals surface area (Å²) in [6.07, 6.45) is 2.55. The van der Waals surface area contributed by atoms with E-state index < -0.39 is 24.0 Å². The first-order valence-electron chi connectivity index (χ1n) is 8.47. The van der Waals surface area contributed by atoms with Crippen molar-refractivity contribution >= 4 is 51.7 Å². The number of amides is 2. The molecule has 3 atom stereocenters. The Morgan fingerprint density at radius 3 is 2.93 bits per heavy atom. The third-order valence-corrected chi connectivity index (χ3v) is 6.11. The molecule has 2 aliphatic heterocycles. The quantitative estimate of drug-likeness (QED) is 0.207. The Kier molecular flexibility index (Phi) is 6.23. The number of nitrogens with two attached hydrogens (primary N) is 1. The lowest BCUT2D eigenvalue weighted by Crippen LogP contribution is -2.69. The molecule has 1 saturated heterocycles. The number of nitrogens with zero attached hydrogens (tertiary/aromatic N) is 3. The van der Waals surface area contributed by atoms with Crippen LogP contribution < -0.4 is 11.1 Å². The standard InChI is InChI=1S/C17H19N5O5S2/c1-4-8(2)27-16(25)9-5-22-14(24)12(15(22)28-6-9)20-13(23)11(21-26-3)10-7-29-17(18)19-10/h4-5,7-8,12,15H,1,6H2,2-3H3,(H2,18,19)(H,20,23)/t8?,12?,15-/m1/s1. The molecule has 1 aromatic heterocycles. The Balaban J connectivity index is 1.67. The van der Waals surface area contributed by atoms with Gasteiger partial charge in [-0.1, -0.05) is 17.8 Å². The van der Waals surface area contributed by atoms with Crippen LogP contribution in [0.4, 0.5) is 5.13 Å². The topological polar surface area (TPSA) is 136 Å². The van der Waals surface area contributed by atoms with E-state index in [9.17, 15) is 14.4 Å². The number of anilines is 1. The van der Waals surface area contributed by atoms with Crippen LogP contribution in [-0.4, -0.2) is 63.8 Å². The van der Waals surface area contributed by atoms with Crippen molar-refractivity contribution in [2.75, 3.05) is 18.6 Å². The zero-order valence-electron chi connectivity index (χ0n) is 15.7. The van der Waals surface area contributed by atoms with E-state index in [0.29, 0.717) is 11.3 Å². The SMILES string of the molecule is C=CC(C)OC(=O)C1=CN2C(=O)C(NC(=O)C(=NOC)c3csc(N)n3)[C@H]2SC1. The predicted octanol–water partition coefficient (Wildman–Crippen LogP) is 0.477. The fourth-order valence-corrected chi connectivity index (χ4v) is 4.41. The molecular formula is C17H19N5O5S2. The molecule has 0 aliphatic carbocycles. The summed E-state index contributed by atoms with van der Waals surface area (Å²) in [5.41, 5.74) is 6.16. The highest BCUT2D eigenvalue weighted by Crippen LogP contribution is 2.36. The minimum absolute atomic E-state index is 0.0780. The summed E-state index contributed by atoms with van der Waals surface area (Å²) < 4.78 is 5.19. The molecule has 0 saturated carbocycles. The van der Waals surface area contributed by atoms with Gasteiger partial charge < -0.3 is 25.5 Å². The lowest BCUT2D eigenvalue weighted by molar-refractivity contribution is -0.144. The Hall–Kier alpha value is -2.86. The van der Waals surface area contributed by atoms with E-state index in [1.54, 1.807) is 12.3 Å². The highest BCUT2D eigenvalue weighted by Gasteiger charge is 2.50. The molecule has 0 radical (unpaired) electrons. The number of hydrogen-bond acceptors (Lipinski definition) is 10. The molecule has 0 aromatic carbocycles. The van der Waals surface area contributed by atoms with E-state index in [0.717, 1.165) is 11.3 Å². The molecule has 2 amide bonds. The van der Waals surface area contributed by atoms with Gasteiger partial charge in [0, 0.05) is 17.3 Å². The van der Waals surface area contributed by atoms with Crippen LogP contribution >= 0.6 is 23.1 Å². The van der Waals surface area contributed by atoms with Crippen LogP contribution in [0.3, 0.4) is 0 Å². The zero-order chi connectivity index (χ0) is 21.1. The number of fused-ring (bicyclic) bond motifs is 1. The number of esters is 1. The van der Waals surface area contributed by atoms with Crippen LogP contribution in [0.25, 0.3) is 0 Å². The van der Waals surface area contributed by atoms with Crippen LogP contribution in [0.15, 0.2) is 35.0 Å². The number of nitrogens with one attached hydrogen (secondary N) is 1. The third-order valence-electron chi connectivity index (χ3n) is 4.12. The van der Waals surface area contributed by atoms with Gasteiger partial charge in [-0.3, -0.25) is 9.59 Å². The third kappa shape index (κ3) is 4.27. The van der Waals surface area contributed by atoms with Crippen LogP contribution in [0.1, 0.15) is 12.6 Å². The van der Waals surface area contributed by atoms with Gasteiger partial charge in [0.2, 0.25) is 0 Å². The molecule has 0 spiro atoms. The van der Waals surface area contributed by atoms with Crippen LogP contribution in [0.5, 0.6) is 0 Å². The molecule has 3 heterocycles. The number of hydrogen-bond donors (Lipinski definition) is 2. The first-order chi connectivity index (χ1) is 13.8. The van der Waals surface area contributed by atoms with Gasteiger partial charge in [-0.05, 0) is 6.92 Å². The minimum Gasteiger partial charge on any atom is -0.455 e. The molecule has 0 bridgehead atoms. The van der Waals surface area contributed by atoms with Crippen molar-refractivity contribution in [1.29, 1.82) is 0 Å². The minimum atomic E-state index is -0.758. The molecular weight excluding hydrogens is 418 g/mol. The lowest BCUT2D eigenvalue weighted by Gasteiger charge is -2.47. The molecule has 2 unspecified atom stereocenters. The molecule has 3 N–H and O–H groups in total. The zero-order valence-corrected chi connectivity index (χ0v) is 17.3. The highest BCUT2D eigenvalue weighted by molar-refractivity contribution is 8.00. The number of β-lactam (4-membered cyclic amide) rings is 1. The number of oxime groups is 1. The van der Waals surface area contributed by atoms with Crippen molar-refractivity contribution in [2.45, 2.75) is 24.4 Å². The monoisotopic (exact) mass is 437 g/mol. The molecule has 154 valence electrons. The molecule has 1 fully saturated rings. The Morgan fingerprint density at radius 1 is 1.55 bits per heavy atom. The Morgan fingerprint density at radius 2 is 2.31 bits per heavy atom. The van der Waals surface area contributed by atoms with Gasteiger partial charge in [0.05, 0.1) is 5.57 Å². The van der Waals surface area contributed by atoms with Crippen LogP contribution in [0, 0.1) is 0 Å². The van der Waals surface area contributed by atoms with Crippen molar-refractivity contribution in [2.24, 2.45) is 5.16 Å². The number of carbonyl (C=O) groups excluding carboxylic acids is 3. The molecule has 10 nitrogen and oxygen atoms in total. The van der Waals surface area contributed by atoms with Crippen molar-refractivity contribution in [3.8, 4) is 0 Å².